The van der Waals surface area contributed by atoms with Crippen molar-refractivity contribution < 1.29 is 0 Å². The first kappa shape index (κ1) is 16.8. The van der Waals surface area contributed by atoms with Gasteiger partial charge >= 0.3 is 0 Å². The summed E-state index contributed by atoms with van der Waals surface area (Å²) in [6, 6.07) is 1.83. The van der Waals surface area contributed by atoms with E-state index in [1.807, 2.05) is 40.7 Å². The Labute approximate surface area is 98.9 Å². The third kappa shape index (κ3) is 5.34. The predicted octanol–water partition coefficient (Wildman–Crippen LogP) is 2.67. The van der Waals surface area contributed by atoms with Gasteiger partial charge in [0.15, 0.2) is 5.84 Å². The number of hydrogen-bond acceptors (Lipinski definition) is 3. The highest BCUT2D eigenvalue weighted by atomic mass is 15.3. The summed E-state index contributed by atoms with van der Waals surface area (Å²) in [4.78, 5) is 4.03. The van der Waals surface area contributed by atoms with E-state index >= 15 is 0 Å². The zero-order chi connectivity index (χ0) is 13.0. The van der Waals surface area contributed by atoms with E-state index in [4.69, 9.17) is 5.73 Å². The number of hydrogen-bond donors (Lipinski definition) is 1. The molecule has 0 amide bonds. The lowest BCUT2D eigenvalue weighted by atomic mass is 10.4. The van der Waals surface area contributed by atoms with Crippen LogP contribution in [0.5, 0.6) is 0 Å². The minimum atomic E-state index is 0.626. The van der Waals surface area contributed by atoms with Crippen LogP contribution in [0.15, 0.2) is 35.2 Å². The van der Waals surface area contributed by atoms with E-state index in [1.54, 1.807) is 30.2 Å². The second-order valence-corrected chi connectivity index (χ2v) is 2.24. The van der Waals surface area contributed by atoms with Crippen LogP contribution in [0.1, 0.15) is 34.6 Å². The van der Waals surface area contributed by atoms with Gasteiger partial charge in [0, 0.05) is 19.4 Å². The van der Waals surface area contributed by atoms with Gasteiger partial charge in [0.2, 0.25) is 0 Å². The van der Waals surface area contributed by atoms with E-state index in [1.165, 1.54) is 0 Å². The van der Waals surface area contributed by atoms with Crippen molar-refractivity contribution in [3.8, 4) is 0 Å². The first-order valence-corrected chi connectivity index (χ1v) is 5.68. The largest absolute Gasteiger partial charge is 0.396 e. The predicted molar refractivity (Wildman–Crippen MR) is 71.6 cm³/mol. The molecular formula is C12H24N4. The van der Waals surface area contributed by atoms with E-state index in [-0.39, 0.29) is 0 Å². The van der Waals surface area contributed by atoms with Crippen LogP contribution in [0.4, 0.5) is 0 Å². The van der Waals surface area contributed by atoms with Crippen LogP contribution in [0, 0.1) is 0 Å². The molecular weight excluding hydrogens is 200 g/mol. The summed E-state index contributed by atoms with van der Waals surface area (Å²) in [6.45, 7) is 9.87. The van der Waals surface area contributed by atoms with E-state index < -0.39 is 0 Å². The van der Waals surface area contributed by atoms with Gasteiger partial charge in [-0.05, 0) is 13.0 Å². The van der Waals surface area contributed by atoms with Gasteiger partial charge in [0.25, 0.3) is 0 Å². The van der Waals surface area contributed by atoms with Gasteiger partial charge in [0.1, 0.15) is 0 Å². The Morgan fingerprint density at radius 2 is 1.88 bits per heavy atom. The standard InChI is InChI=1S/C8H12N4.2C2H6/c1-3-7(9)8(10-2)12-6-4-5-11-12;2*1-2/h3-6H,9H2,1-2H3;2*1-2H3/b7-3+,10-8?;;. The molecule has 1 rings (SSSR count). The summed E-state index contributed by atoms with van der Waals surface area (Å²) < 4.78 is 1.63. The summed E-state index contributed by atoms with van der Waals surface area (Å²) in [7, 11) is 1.69. The van der Waals surface area contributed by atoms with Crippen LogP contribution >= 0.6 is 0 Å². The molecule has 0 unspecified atom stereocenters. The zero-order valence-corrected chi connectivity index (χ0v) is 11.2. The van der Waals surface area contributed by atoms with Crippen molar-refractivity contribution >= 4 is 5.84 Å². The Morgan fingerprint density at radius 1 is 1.31 bits per heavy atom. The average molecular weight is 224 g/mol. The average Bonchev–Trinajstić information content (AvgIpc) is 2.88. The maximum atomic E-state index is 5.69. The maximum absolute atomic E-state index is 5.69. The second-order valence-electron chi connectivity index (χ2n) is 2.24. The summed E-state index contributed by atoms with van der Waals surface area (Å²) >= 11 is 0. The Bertz CT molecular complexity index is 297. The van der Waals surface area contributed by atoms with Crippen LogP contribution in [0.25, 0.3) is 0 Å². The highest BCUT2D eigenvalue weighted by Crippen LogP contribution is 1.93. The van der Waals surface area contributed by atoms with Gasteiger partial charge in [0.05, 0.1) is 5.70 Å². The molecule has 0 saturated carbocycles. The number of nitrogens with zero attached hydrogens (tertiary/aromatic N) is 3. The molecule has 92 valence electrons. The van der Waals surface area contributed by atoms with Crippen molar-refractivity contribution in [2.45, 2.75) is 34.6 Å². The highest BCUT2D eigenvalue weighted by Gasteiger charge is 2.02. The molecule has 0 aliphatic rings. The molecule has 0 aliphatic heterocycles. The summed E-state index contributed by atoms with van der Waals surface area (Å²) in [6.07, 6.45) is 5.29. The van der Waals surface area contributed by atoms with Crippen molar-refractivity contribution in [2.75, 3.05) is 7.05 Å². The number of aromatic nitrogens is 2. The maximum Gasteiger partial charge on any atom is 0.171 e. The van der Waals surface area contributed by atoms with Crippen molar-refractivity contribution in [1.29, 1.82) is 0 Å². The highest BCUT2D eigenvalue weighted by molar-refractivity contribution is 5.98. The van der Waals surface area contributed by atoms with Gasteiger partial charge in [-0.25, -0.2) is 4.68 Å². The lowest BCUT2D eigenvalue weighted by molar-refractivity contribution is 0.923. The van der Waals surface area contributed by atoms with Crippen LogP contribution in [-0.2, 0) is 0 Å². The summed E-state index contributed by atoms with van der Waals surface area (Å²) in [5.41, 5.74) is 6.31. The Morgan fingerprint density at radius 3 is 2.19 bits per heavy atom. The van der Waals surface area contributed by atoms with Crippen LogP contribution < -0.4 is 5.73 Å². The monoisotopic (exact) mass is 224 g/mol. The van der Waals surface area contributed by atoms with E-state index in [2.05, 4.69) is 10.1 Å². The van der Waals surface area contributed by atoms with Crippen molar-refractivity contribution in [3.05, 3.63) is 30.2 Å². The smallest absolute Gasteiger partial charge is 0.171 e. The molecule has 1 aromatic heterocycles. The van der Waals surface area contributed by atoms with Crippen LogP contribution in [-0.4, -0.2) is 22.7 Å². The van der Waals surface area contributed by atoms with Crippen molar-refractivity contribution in [3.63, 3.8) is 0 Å². The molecule has 1 heterocycles. The Balaban J connectivity index is 0. The molecule has 1 aromatic rings. The van der Waals surface area contributed by atoms with Crippen molar-refractivity contribution in [1.82, 2.24) is 9.78 Å². The molecule has 16 heavy (non-hydrogen) atoms. The van der Waals surface area contributed by atoms with Gasteiger partial charge in [-0.3, -0.25) is 4.99 Å². The van der Waals surface area contributed by atoms with Crippen LogP contribution in [0.2, 0.25) is 0 Å². The summed E-state index contributed by atoms with van der Waals surface area (Å²) in [5.74, 6) is 0.669. The molecule has 0 bridgehead atoms. The molecule has 0 fully saturated rings. The fourth-order valence-electron chi connectivity index (χ4n) is 0.887. The molecule has 0 atom stereocenters. The topological polar surface area (TPSA) is 56.2 Å². The van der Waals surface area contributed by atoms with Gasteiger partial charge in [-0.2, -0.15) is 5.10 Å². The first-order chi connectivity index (χ1) is 7.79. The minimum Gasteiger partial charge on any atom is -0.396 e. The van der Waals surface area contributed by atoms with E-state index in [0.29, 0.717) is 11.5 Å². The Kier molecular flexibility index (Phi) is 12.1. The lowest BCUT2D eigenvalue weighted by Gasteiger charge is -2.04. The molecule has 2 N–H and O–H groups in total. The Hall–Kier alpha value is -1.58. The summed E-state index contributed by atoms with van der Waals surface area (Å²) in [5, 5.41) is 4.02. The lowest BCUT2D eigenvalue weighted by Crippen LogP contribution is -2.20. The number of aliphatic imine (C=N–C) groups is 1. The SMILES string of the molecule is C/C=C(/N)C(=NC)n1cccn1.CC.CC. The van der Waals surface area contributed by atoms with Gasteiger partial charge in [-0.15, -0.1) is 0 Å². The third-order valence-corrected chi connectivity index (χ3v) is 1.50. The van der Waals surface area contributed by atoms with Crippen molar-refractivity contribution in [2.24, 2.45) is 10.7 Å². The molecule has 0 spiro atoms. The number of allylic oxidation sites excluding steroid dienone is 2. The first-order valence-electron chi connectivity index (χ1n) is 5.68. The normalized spacial score (nSPS) is 10.9. The molecule has 0 aliphatic carbocycles. The van der Waals surface area contributed by atoms with E-state index in [9.17, 15) is 0 Å². The van der Waals surface area contributed by atoms with E-state index in [0.717, 1.165) is 0 Å². The molecule has 0 saturated heterocycles. The molecule has 4 heteroatoms. The van der Waals surface area contributed by atoms with Gasteiger partial charge < -0.3 is 5.73 Å². The fraction of sp³-hybridized carbons (Fsp3) is 0.500. The molecule has 0 radical (unpaired) electrons. The number of nitrogens with two attached hydrogens (primary N) is 1. The fourth-order valence-corrected chi connectivity index (χ4v) is 0.887. The zero-order valence-electron chi connectivity index (χ0n) is 11.2. The third-order valence-electron chi connectivity index (χ3n) is 1.50. The van der Waals surface area contributed by atoms with Crippen LogP contribution in [0.3, 0.4) is 0 Å². The quantitative estimate of drug-likeness (QED) is 0.589. The van der Waals surface area contributed by atoms with Gasteiger partial charge in [-0.1, -0.05) is 33.8 Å². The number of rotatable bonds is 1. The molecule has 0 aromatic carbocycles. The molecule has 4 nitrogen and oxygen atoms in total. The second kappa shape index (κ2) is 11.5. The minimum absolute atomic E-state index is 0.626.